The molecule has 1 aromatic rings. The number of nitrogens with two attached hydrogens (primary N) is 1. The molecule has 5 heteroatoms. The largest absolute Gasteiger partial charge is 0.494 e. The van der Waals surface area contributed by atoms with Crippen LogP contribution < -0.4 is 15.8 Å². The van der Waals surface area contributed by atoms with Gasteiger partial charge in [-0.15, -0.1) is 0 Å². The number of nitrogen functional groups attached to an aromatic ring is 1. The van der Waals surface area contributed by atoms with E-state index in [0.29, 0.717) is 36.1 Å². The highest BCUT2D eigenvalue weighted by Gasteiger charge is 2.15. The highest BCUT2D eigenvalue weighted by molar-refractivity contribution is 5.95. The van der Waals surface area contributed by atoms with Crippen LogP contribution in [0, 0.1) is 5.92 Å². The highest BCUT2D eigenvalue weighted by Crippen LogP contribution is 2.19. The van der Waals surface area contributed by atoms with Gasteiger partial charge in [0.1, 0.15) is 5.75 Å². The van der Waals surface area contributed by atoms with E-state index in [0.717, 1.165) is 26.1 Å². The minimum atomic E-state index is -0.114. The molecule has 1 aliphatic rings. The van der Waals surface area contributed by atoms with E-state index in [1.54, 1.807) is 18.2 Å². The maximum absolute atomic E-state index is 12.1. The summed E-state index contributed by atoms with van der Waals surface area (Å²) in [5.74, 6) is 1.08. The lowest BCUT2D eigenvalue weighted by atomic mass is 10.1. The smallest absolute Gasteiger partial charge is 0.251 e. The van der Waals surface area contributed by atoms with Crippen molar-refractivity contribution in [3.05, 3.63) is 23.8 Å². The molecule has 1 amide bonds. The second kappa shape index (κ2) is 7.14. The summed E-state index contributed by atoms with van der Waals surface area (Å²) in [4.78, 5) is 12.1. The monoisotopic (exact) mass is 278 g/mol. The molecular formula is C15H22N2O3. The van der Waals surface area contributed by atoms with Gasteiger partial charge in [-0.05, 0) is 37.8 Å². The van der Waals surface area contributed by atoms with Crippen LogP contribution in [0.5, 0.6) is 5.75 Å². The molecule has 1 heterocycles. The minimum Gasteiger partial charge on any atom is -0.494 e. The molecule has 2 rings (SSSR count). The van der Waals surface area contributed by atoms with Crippen LogP contribution in [0.1, 0.15) is 30.1 Å². The summed E-state index contributed by atoms with van der Waals surface area (Å²) in [5, 5.41) is 2.92. The van der Waals surface area contributed by atoms with E-state index in [-0.39, 0.29) is 5.91 Å². The van der Waals surface area contributed by atoms with E-state index in [9.17, 15) is 4.79 Å². The van der Waals surface area contributed by atoms with Crippen molar-refractivity contribution in [3.63, 3.8) is 0 Å². The fourth-order valence-electron chi connectivity index (χ4n) is 2.31. The Hall–Kier alpha value is -1.75. The van der Waals surface area contributed by atoms with Gasteiger partial charge in [0.15, 0.2) is 0 Å². The fraction of sp³-hybridized carbons (Fsp3) is 0.533. The Morgan fingerprint density at radius 3 is 3.05 bits per heavy atom. The number of benzene rings is 1. The predicted molar refractivity (Wildman–Crippen MR) is 77.9 cm³/mol. The third kappa shape index (κ3) is 4.13. The zero-order valence-electron chi connectivity index (χ0n) is 11.9. The Kier molecular flexibility index (Phi) is 5.24. The molecule has 1 aromatic carbocycles. The van der Waals surface area contributed by atoms with Gasteiger partial charge in [-0.25, -0.2) is 0 Å². The zero-order chi connectivity index (χ0) is 14.4. The van der Waals surface area contributed by atoms with E-state index in [2.05, 4.69) is 5.32 Å². The molecule has 20 heavy (non-hydrogen) atoms. The number of carbonyl (C=O) groups excluding carboxylic acids is 1. The second-order valence-electron chi connectivity index (χ2n) is 5.00. The summed E-state index contributed by atoms with van der Waals surface area (Å²) in [6, 6.07) is 5.10. The summed E-state index contributed by atoms with van der Waals surface area (Å²) in [6.07, 6.45) is 2.04. The molecule has 1 fully saturated rings. The molecular weight excluding hydrogens is 256 g/mol. The third-order valence-electron chi connectivity index (χ3n) is 3.36. The number of nitrogens with one attached hydrogen (secondary N) is 1. The van der Waals surface area contributed by atoms with E-state index in [1.807, 2.05) is 6.92 Å². The number of amides is 1. The van der Waals surface area contributed by atoms with Crippen LogP contribution in [0.25, 0.3) is 0 Å². The first-order valence-corrected chi connectivity index (χ1v) is 7.08. The van der Waals surface area contributed by atoms with E-state index in [4.69, 9.17) is 15.2 Å². The molecule has 0 bridgehead atoms. The van der Waals surface area contributed by atoms with Gasteiger partial charge < -0.3 is 20.5 Å². The molecule has 0 saturated carbocycles. The van der Waals surface area contributed by atoms with E-state index < -0.39 is 0 Å². The Morgan fingerprint density at radius 1 is 1.50 bits per heavy atom. The third-order valence-corrected chi connectivity index (χ3v) is 3.36. The number of carbonyl (C=O) groups is 1. The van der Waals surface area contributed by atoms with E-state index >= 15 is 0 Å². The molecule has 1 atom stereocenters. The second-order valence-corrected chi connectivity index (χ2v) is 5.00. The van der Waals surface area contributed by atoms with Gasteiger partial charge in [0, 0.05) is 37.1 Å². The summed E-state index contributed by atoms with van der Waals surface area (Å²) < 4.78 is 10.7. The van der Waals surface area contributed by atoms with Crippen molar-refractivity contribution in [3.8, 4) is 5.75 Å². The Bertz CT molecular complexity index is 456. The van der Waals surface area contributed by atoms with Gasteiger partial charge in [-0.1, -0.05) is 0 Å². The van der Waals surface area contributed by atoms with Gasteiger partial charge in [0.25, 0.3) is 5.91 Å². The lowest BCUT2D eigenvalue weighted by Crippen LogP contribution is -2.26. The Balaban J connectivity index is 1.87. The lowest BCUT2D eigenvalue weighted by molar-refractivity contribution is 0.0950. The molecule has 1 unspecified atom stereocenters. The van der Waals surface area contributed by atoms with Gasteiger partial charge in [0.05, 0.1) is 6.61 Å². The SMILES string of the molecule is CCOc1cc(N)cc(C(=O)NCCC2CCOC2)c1. The number of hydrogen-bond acceptors (Lipinski definition) is 4. The summed E-state index contributed by atoms with van der Waals surface area (Å²) in [6.45, 7) is 4.75. The van der Waals surface area contributed by atoms with Crippen LogP contribution in [0.2, 0.25) is 0 Å². The first kappa shape index (κ1) is 14.7. The Morgan fingerprint density at radius 2 is 2.35 bits per heavy atom. The topological polar surface area (TPSA) is 73.6 Å². The molecule has 1 saturated heterocycles. The summed E-state index contributed by atoms with van der Waals surface area (Å²) in [7, 11) is 0. The number of hydrogen-bond donors (Lipinski definition) is 2. The molecule has 0 spiro atoms. The summed E-state index contributed by atoms with van der Waals surface area (Å²) in [5.41, 5.74) is 6.85. The van der Waals surface area contributed by atoms with Gasteiger partial charge in [-0.2, -0.15) is 0 Å². The van der Waals surface area contributed by atoms with Gasteiger partial charge in [-0.3, -0.25) is 4.79 Å². The number of anilines is 1. The normalized spacial score (nSPS) is 17.9. The standard InChI is InChI=1S/C15H22N2O3/c1-2-20-14-8-12(7-13(16)9-14)15(18)17-5-3-11-4-6-19-10-11/h7-9,11H,2-6,10,16H2,1H3,(H,17,18). The quantitative estimate of drug-likeness (QED) is 0.779. The molecule has 1 aliphatic heterocycles. The highest BCUT2D eigenvalue weighted by atomic mass is 16.5. The predicted octanol–water partition coefficient (Wildman–Crippen LogP) is 1.82. The first-order chi connectivity index (χ1) is 9.69. The fourth-order valence-corrected chi connectivity index (χ4v) is 2.31. The van der Waals surface area contributed by atoms with Crippen LogP contribution in [0.4, 0.5) is 5.69 Å². The molecule has 3 N–H and O–H groups in total. The van der Waals surface area contributed by atoms with Gasteiger partial charge >= 0.3 is 0 Å². The van der Waals surface area contributed by atoms with Crippen molar-refractivity contribution in [1.82, 2.24) is 5.32 Å². The lowest BCUT2D eigenvalue weighted by Gasteiger charge is -2.10. The zero-order valence-corrected chi connectivity index (χ0v) is 11.9. The van der Waals surface area contributed by atoms with Crippen LogP contribution in [0.15, 0.2) is 18.2 Å². The van der Waals surface area contributed by atoms with Crippen molar-refractivity contribution in [1.29, 1.82) is 0 Å². The maximum atomic E-state index is 12.1. The molecule has 5 nitrogen and oxygen atoms in total. The van der Waals surface area contributed by atoms with E-state index in [1.165, 1.54) is 0 Å². The average molecular weight is 278 g/mol. The van der Waals surface area contributed by atoms with Gasteiger partial charge in [0.2, 0.25) is 0 Å². The van der Waals surface area contributed by atoms with Crippen molar-refractivity contribution in [2.75, 3.05) is 32.1 Å². The van der Waals surface area contributed by atoms with Crippen LogP contribution in [-0.4, -0.2) is 32.3 Å². The van der Waals surface area contributed by atoms with Crippen LogP contribution in [0.3, 0.4) is 0 Å². The average Bonchev–Trinajstić information content (AvgIpc) is 2.91. The van der Waals surface area contributed by atoms with Crippen molar-refractivity contribution in [2.45, 2.75) is 19.8 Å². The van der Waals surface area contributed by atoms with Crippen molar-refractivity contribution in [2.24, 2.45) is 5.92 Å². The van der Waals surface area contributed by atoms with Crippen molar-refractivity contribution < 1.29 is 14.3 Å². The van der Waals surface area contributed by atoms with Crippen LogP contribution in [-0.2, 0) is 4.74 Å². The molecule has 0 radical (unpaired) electrons. The summed E-state index contributed by atoms with van der Waals surface area (Å²) >= 11 is 0. The van der Waals surface area contributed by atoms with Crippen molar-refractivity contribution >= 4 is 11.6 Å². The number of rotatable bonds is 6. The minimum absolute atomic E-state index is 0.114. The Labute approximate surface area is 119 Å². The maximum Gasteiger partial charge on any atom is 0.251 e. The first-order valence-electron chi connectivity index (χ1n) is 7.08. The van der Waals surface area contributed by atoms with Crippen LogP contribution >= 0.6 is 0 Å². The molecule has 110 valence electrons. The molecule has 0 aliphatic carbocycles. The number of ether oxygens (including phenoxy) is 2. The molecule has 0 aromatic heterocycles.